The maximum Gasteiger partial charge on any atom is 0.164 e. The van der Waals surface area contributed by atoms with Crippen LogP contribution in [0.2, 0.25) is 10.0 Å². The molecule has 0 spiro atoms. The number of benzene rings is 3. The molecule has 132 valence electrons. The zero-order valence-corrected chi connectivity index (χ0v) is 17.0. The van der Waals surface area contributed by atoms with Gasteiger partial charge in [-0.1, -0.05) is 75.5 Å². The van der Waals surface area contributed by atoms with Gasteiger partial charge in [-0.05, 0) is 36.4 Å². The summed E-state index contributed by atoms with van der Waals surface area (Å²) in [5.41, 5.74) is 2.53. The summed E-state index contributed by atoms with van der Waals surface area (Å²) in [5, 5.41) is 1.25. The Labute approximate surface area is 175 Å². The van der Waals surface area contributed by atoms with Crippen molar-refractivity contribution < 1.29 is 0 Å². The maximum absolute atomic E-state index is 6.16. The number of hydrogen-bond donors (Lipinski definition) is 0. The topological polar surface area (TPSA) is 38.7 Å². The van der Waals surface area contributed by atoms with E-state index in [1.165, 1.54) is 0 Å². The van der Waals surface area contributed by atoms with Crippen molar-refractivity contribution in [3.05, 3.63) is 87.3 Å². The van der Waals surface area contributed by atoms with Crippen LogP contribution in [0.3, 0.4) is 0 Å². The fraction of sp³-hybridized carbons (Fsp3) is 0. The lowest BCUT2D eigenvalue weighted by molar-refractivity contribution is 1.07. The van der Waals surface area contributed by atoms with Gasteiger partial charge in [0.25, 0.3) is 0 Å². The molecule has 0 radical (unpaired) electrons. The summed E-state index contributed by atoms with van der Waals surface area (Å²) in [4.78, 5) is 14.0. The second-order valence-electron chi connectivity index (χ2n) is 5.84. The predicted molar refractivity (Wildman–Crippen MR) is 114 cm³/mol. The first-order valence-corrected chi connectivity index (χ1v) is 9.67. The van der Waals surface area contributed by atoms with Gasteiger partial charge in [-0.15, -0.1) is 0 Å². The van der Waals surface area contributed by atoms with Crippen LogP contribution in [0.25, 0.3) is 34.2 Å². The Morgan fingerprint density at radius 2 is 0.963 bits per heavy atom. The minimum Gasteiger partial charge on any atom is -0.208 e. The van der Waals surface area contributed by atoms with Crippen LogP contribution in [0, 0.1) is 0 Å². The summed E-state index contributed by atoms with van der Waals surface area (Å²) in [6, 6.07) is 22.7. The molecule has 0 bridgehead atoms. The fourth-order valence-corrected chi connectivity index (χ4v) is 3.43. The van der Waals surface area contributed by atoms with Crippen LogP contribution >= 0.6 is 39.1 Å². The molecule has 0 aliphatic rings. The zero-order valence-electron chi connectivity index (χ0n) is 13.9. The summed E-state index contributed by atoms with van der Waals surface area (Å²) in [5.74, 6) is 1.69. The first-order chi connectivity index (χ1) is 13.1. The molecule has 0 amide bonds. The van der Waals surface area contributed by atoms with Gasteiger partial charge in [0, 0.05) is 31.2 Å². The molecular weight excluding hydrogens is 445 g/mol. The number of rotatable bonds is 3. The van der Waals surface area contributed by atoms with E-state index in [-0.39, 0.29) is 0 Å². The lowest BCUT2D eigenvalue weighted by Gasteiger charge is -2.09. The number of aromatic nitrogens is 3. The molecular formula is C21H12BrCl2N3. The Kier molecular flexibility index (Phi) is 5.21. The summed E-state index contributed by atoms with van der Waals surface area (Å²) >= 11 is 15.8. The smallest absolute Gasteiger partial charge is 0.164 e. The van der Waals surface area contributed by atoms with Gasteiger partial charge in [-0.2, -0.15) is 0 Å². The minimum atomic E-state index is 0.553. The largest absolute Gasteiger partial charge is 0.208 e. The third kappa shape index (κ3) is 4.19. The molecule has 0 atom stereocenters. The van der Waals surface area contributed by atoms with Crippen LogP contribution in [0.15, 0.2) is 77.3 Å². The molecule has 0 saturated heterocycles. The van der Waals surface area contributed by atoms with Crippen molar-refractivity contribution in [3.8, 4) is 34.2 Å². The zero-order chi connectivity index (χ0) is 18.8. The Morgan fingerprint density at radius 1 is 0.556 bits per heavy atom. The van der Waals surface area contributed by atoms with E-state index in [0.29, 0.717) is 27.5 Å². The van der Waals surface area contributed by atoms with E-state index < -0.39 is 0 Å². The van der Waals surface area contributed by atoms with E-state index >= 15 is 0 Å². The quantitative estimate of drug-likeness (QED) is 0.335. The molecule has 3 aromatic carbocycles. The van der Waals surface area contributed by atoms with Gasteiger partial charge in [0.15, 0.2) is 17.5 Å². The summed E-state index contributed by atoms with van der Waals surface area (Å²) in [6.45, 7) is 0. The standard InChI is InChI=1S/C21H12BrCl2N3/c22-16-7-1-4-13(10-16)19-25-20(14-5-2-8-17(23)11-14)27-21(26-19)15-6-3-9-18(24)12-15/h1-12H. The molecule has 6 heteroatoms. The molecule has 4 rings (SSSR count). The molecule has 0 aliphatic carbocycles. The van der Waals surface area contributed by atoms with Crippen LogP contribution in [0.4, 0.5) is 0 Å². The van der Waals surface area contributed by atoms with Gasteiger partial charge in [-0.3, -0.25) is 0 Å². The maximum atomic E-state index is 6.16. The number of halogens is 3. The van der Waals surface area contributed by atoms with Crippen molar-refractivity contribution >= 4 is 39.1 Å². The summed E-state index contributed by atoms with van der Waals surface area (Å²) < 4.78 is 0.953. The van der Waals surface area contributed by atoms with Crippen molar-refractivity contribution in [1.82, 2.24) is 15.0 Å². The van der Waals surface area contributed by atoms with Gasteiger partial charge < -0.3 is 0 Å². The first kappa shape index (κ1) is 18.1. The average molecular weight is 457 g/mol. The van der Waals surface area contributed by atoms with Crippen LogP contribution in [-0.4, -0.2) is 15.0 Å². The average Bonchev–Trinajstić information content (AvgIpc) is 2.68. The molecule has 0 fully saturated rings. The molecule has 1 heterocycles. The highest BCUT2D eigenvalue weighted by molar-refractivity contribution is 9.10. The van der Waals surface area contributed by atoms with Crippen LogP contribution in [-0.2, 0) is 0 Å². The molecule has 0 saturated carbocycles. The Bertz CT molecular complexity index is 978. The van der Waals surface area contributed by atoms with E-state index in [1.54, 1.807) is 0 Å². The van der Waals surface area contributed by atoms with Crippen molar-refractivity contribution in [1.29, 1.82) is 0 Å². The summed E-state index contributed by atoms with van der Waals surface area (Å²) in [6.07, 6.45) is 0. The SMILES string of the molecule is Clc1cccc(-c2nc(-c3cccc(Cl)c3)nc(-c3cccc(Br)c3)n2)c1. The lowest BCUT2D eigenvalue weighted by atomic mass is 10.1. The van der Waals surface area contributed by atoms with E-state index in [0.717, 1.165) is 21.2 Å². The Balaban J connectivity index is 1.94. The number of nitrogens with zero attached hydrogens (tertiary/aromatic N) is 3. The monoisotopic (exact) mass is 455 g/mol. The Morgan fingerprint density at radius 3 is 1.37 bits per heavy atom. The molecule has 0 unspecified atom stereocenters. The van der Waals surface area contributed by atoms with E-state index in [9.17, 15) is 0 Å². The van der Waals surface area contributed by atoms with Crippen molar-refractivity contribution in [2.24, 2.45) is 0 Å². The minimum absolute atomic E-state index is 0.553. The van der Waals surface area contributed by atoms with Gasteiger partial charge in [-0.25, -0.2) is 15.0 Å². The van der Waals surface area contributed by atoms with Crippen LogP contribution < -0.4 is 0 Å². The van der Waals surface area contributed by atoms with Crippen LogP contribution in [0.1, 0.15) is 0 Å². The lowest BCUT2D eigenvalue weighted by Crippen LogP contribution is -2.00. The highest BCUT2D eigenvalue weighted by atomic mass is 79.9. The second-order valence-corrected chi connectivity index (χ2v) is 7.63. The Hall–Kier alpha value is -2.27. The fourth-order valence-electron chi connectivity index (χ4n) is 2.65. The van der Waals surface area contributed by atoms with Gasteiger partial charge >= 0.3 is 0 Å². The first-order valence-electron chi connectivity index (χ1n) is 8.12. The van der Waals surface area contributed by atoms with E-state index in [1.807, 2.05) is 72.8 Å². The normalized spacial score (nSPS) is 10.8. The van der Waals surface area contributed by atoms with Gasteiger partial charge in [0.2, 0.25) is 0 Å². The predicted octanol–water partition coefficient (Wildman–Crippen LogP) is 6.94. The second kappa shape index (κ2) is 7.77. The van der Waals surface area contributed by atoms with E-state index in [4.69, 9.17) is 23.2 Å². The molecule has 27 heavy (non-hydrogen) atoms. The van der Waals surface area contributed by atoms with Crippen molar-refractivity contribution in [2.45, 2.75) is 0 Å². The third-order valence-corrected chi connectivity index (χ3v) is 4.85. The molecule has 4 aromatic rings. The van der Waals surface area contributed by atoms with Gasteiger partial charge in [0.1, 0.15) is 0 Å². The van der Waals surface area contributed by atoms with Crippen molar-refractivity contribution in [2.75, 3.05) is 0 Å². The molecule has 0 N–H and O–H groups in total. The van der Waals surface area contributed by atoms with Gasteiger partial charge in [0.05, 0.1) is 0 Å². The molecule has 3 nitrogen and oxygen atoms in total. The summed E-state index contributed by atoms with van der Waals surface area (Å²) in [7, 11) is 0. The highest BCUT2D eigenvalue weighted by Gasteiger charge is 2.13. The van der Waals surface area contributed by atoms with Crippen LogP contribution in [0.5, 0.6) is 0 Å². The third-order valence-electron chi connectivity index (χ3n) is 3.88. The van der Waals surface area contributed by atoms with Crippen molar-refractivity contribution in [3.63, 3.8) is 0 Å². The van der Waals surface area contributed by atoms with E-state index in [2.05, 4.69) is 30.9 Å². The molecule has 0 aliphatic heterocycles. The molecule has 1 aromatic heterocycles. The highest BCUT2D eigenvalue weighted by Crippen LogP contribution is 2.28. The number of hydrogen-bond acceptors (Lipinski definition) is 3.